The molecule has 0 spiro atoms. The molecule has 0 radical (unpaired) electrons. The summed E-state index contributed by atoms with van der Waals surface area (Å²) in [5.41, 5.74) is 0.0507. The fourth-order valence-electron chi connectivity index (χ4n) is 5.44. The fraction of sp³-hybridized carbons (Fsp3) is 0.459. The molecule has 1 aromatic heterocycles. The van der Waals surface area contributed by atoms with Gasteiger partial charge in [0.2, 0.25) is 23.6 Å². The monoisotopic (exact) mass is 923 g/mol. The van der Waals surface area contributed by atoms with Gasteiger partial charge in [0.05, 0.1) is 37.1 Å². The van der Waals surface area contributed by atoms with Gasteiger partial charge in [0.1, 0.15) is 24.2 Å². The molecular formula is C37H46FN9O18. The van der Waals surface area contributed by atoms with E-state index in [4.69, 9.17) is 10.2 Å². The van der Waals surface area contributed by atoms with E-state index in [0.29, 0.717) is 5.69 Å². The first-order valence-electron chi connectivity index (χ1n) is 19.3. The van der Waals surface area contributed by atoms with E-state index in [2.05, 4.69) is 31.6 Å². The predicted octanol–water partition coefficient (Wildman–Crippen LogP) is -2.80. The first-order valence-corrected chi connectivity index (χ1v) is 19.3. The molecule has 6 amide bonds. The number of carboxylic acids is 6. The van der Waals surface area contributed by atoms with Gasteiger partial charge in [-0.1, -0.05) is 5.21 Å². The molecule has 2 aromatic rings. The Morgan fingerprint density at radius 2 is 0.954 bits per heavy atom. The van der Waals surface area contributed by atoms with Crippen molar-refractivity contribution >= 4 is 71.3 Å². The number of carbonyl (C=O) groups excluding carboxylic acids is 6. The van der Waals surface area contributed by atoms with Crippen LogP contribution >= 0.6 is 0 Å². The number of nitrogens with one attached hydrogen (secondary N) is 6. The van der Waals surface area contributed by atoms with Crippen molar-refractivity contribution in [3.63, 3.8) is 0 Å². The second-order valence-electron chi connectivity index (χ2n) is 13.8. The Hall–Kier alpha value is -8.07. The van der Waals surface area contributed by atoms with Crippen molar-refractivity contribution in [2.75, 3.05) is 19.8 Å². The SMILES string of the molecule is O=C(O)CCC(NC(=O)C[C@@H](NC(=O)CCNC(=O)c1cc(C(=O)NCCC(=O)N[C@H](CC(=O)N[C@@H](CCC(=O)O)C(=O)O)C(=O)O)cc(-n2cc(CCCF)nn2)c1)C(=O)O)C(=O)O. The van der Waals surface area contributed by atoms with E-state index in [0.717, 1.165) is 6.07 Å². The Balaban J connectivity index is 2.12. The summed E-state index contributed by atoms with van der Waals surface area (Å²) in [5.74, 6) is -15.1. The van der Waals surface area contributed by atoms with Crippen LogP contribution in [0.5, 0.6) is 0 Å². The third-order valence-corrected chi connectivity index (χ3v) is 8.70. The number of nitrogens with zero attached hydrogens (tertiary/aromatic N) is 3. The molecule has 0 saturated carbocycles. The van der Waals surface area contributed by atoms with Crippen LogP contribution in [0, 0.1) is 0 Å². The van der Waals surface area contributed by atoms with Crippen molar-refractivity contribution in [2.45, 2.75) is 88.4 Å². The van der Waals surface area contributed by atoms with Crippen LogP contribution in [0.25, 0.3) is 5.69 Å². The molecule has 1 heterocycles. The van der Waals surface area contributed by atoms with Gasteiger partial charge in [-0.25, -0.2) is 23.9 Å². The quantitative estimate of drug-likeness (QED) is 0.0376. The highest BCUT2D eigenvalue weighted by Gasteiger charge is 2.29. The zero-order chi connectivity index (χ0) is 48.8. The summed E-state index contributed by atoms with van der Waals surface area (Å²) in [6, 6.07) is -3.37. The molecule has 4 atom stereocenters. The number of amides is 6. The minimum Gasteiger partial charge on any atom is -0.481 e. The van der Waals surface area contributed by atoms with Gasteiger partial charge in [-0.2, -0.15) is 0 Å². The van der Waals surface area contributed by atoms with Crippen LogP contribution in [-0.2, 0) is 54.4 Å². The van der Waals surface area contributed by atoms with Crippen molar-refractivity contribution in [3.8, 4) is 5.69 Å². The second-order valence-corrected chi connectivity index (χ2v) is 13.8. The molecule has 2 rings (SSSR count). The van der Waals surface area contributed by atoms with Crippen LogP contribution < -0.4 is 31.9 Å². The normalized spacial score (nSPS) is 12.5. The summed E-state index contributed by atoms with van der Waals surface area (Å²) in [6.45, 7) is -1.50. The number of carboxylic acid groups (broad SMARTS) is 6. The fourth-order valence-corrected chi connectivity index (χ4v) is 5.44. The lowest BCUT2D eigenvalue weighted by Gasteiger charge is -2.17. The molecular weight excluding hydrogens is 877 g/mol. The van der Waals surface area contributed by atoms with Gasteiger partial charge < -0.3 is 62.5 Å². The molecule has 28 heteroatoms. The number of benzene rings is 1. The number of alkyl halides is 1. The number of aromatic nitrogens is 3. The Morgan fingerprint density at radius 1 is 0.554 bits per heavy atom. The summed E-state index contributed by atoms with van der Waals surface area (Å²) < 4.78 is 13.9. The first kappa shape index (κ1) is 53.1. The highest BCUT2D eigenvalue weighted by molar-refractivity contribution is 6.01. The lowest BCUT2D eigenvalue weighted by Crippen LogP contribution is -2.47. The number of halogens is 1. The standard InChI is InChI=1S/C37H46FN9O18/c38-9-1-2-20-17-47(46-45-20)21-13-18(32(56)39-10-7-26(48)43-24(36(62)63)15-28(50)41-22(34(58)59)3-5-30(52)53)12-19(14-21)33(57)40-11-8-27(49)44-25(37(64)65)16-29(51)42-23(35(60)61)4-6-31(54)55/h12-14,17,22-25H,1-11,15-16H2,(H,39,56)(H,40,57)(H,41,50)(H,42,51)(H,43,48)(H,44,49)(H,52,53)(H,54,55)(H,58,59)(H,60,61)(H,62,63)(H,64,65)/t22-,23?,24+,25+/m0/s1. The molecule has 27 nitrogen and oxygen atoms in total. The molecule has 1 aromatic carbocycles. The lowest BCUT2D eigenvalue weighted by molar-refractivity contribution is -0.145. The van der Waals surface area contributed by atoms with E-state index in [9.17, 15) is 82.4 Å². The molecule has 0 bridgehead atoms. The average Bonchev–Trinajstić information content (AvgIpc) is 3.71. The zero-order valence-corrected chi connectivity index (χ0v) is 34.1. The summed E-state index contributed by atoms with van der Waals surface area (Å²) in [6.07, 6.45) is -3.47. The number of hydrogen-bond acceptors (Lipinski definition) is 14. The number of carbonyl (C=O) groups is 12. The molecule has 354 valence electrons. The van der Waals surface area contributed by atoms with E-state index in [-0.39, 0.29) is 29.7 Å². The van der Waals surface area contributed by atoms with E-state index in [1.54, 1.807) is 0 Å². The van der Waals surface area contributed by atoms with E-state index in [1.165, 1.54) is 23.0 Å². The van der Waals surface area contributed by atoms with Crippen LogP contribution in [0.15, 0.2) is 24.4 Å². The largest absolute Gasteiger partial charge is 0.481 e. The van der Waals surface area contributed by atoms with Crippen LogP contribution in [0.1, 0.15) is 84.2 Å². The average molecular weight is 924 g/mol. The first-order chi connectivity index (χ1) is 30.6. The molecule has 0 aliphatic heterocycles. The highest BCUT2D eigenvalue weighted by atomic mass is 19.1. The van der Waals surface area contributed by atoms with Crippen molar-refractivity contribution in [1.82, 2.24) is 46.9 Å². The van der Waals surface area contributed by atoms with Crippen molar-refractivity contribution < 1.29 is 92.6 Å². The number of hydrogen-bond donors (Lipinski definition) is 12. The summed E-state index contributed by atoms with van der Waals surface area (Å²) >= 11 is 0. The second kappa shape index (κ2) is 26.4. The van der Waals surface area contributed by atoms with Crippen LogP contribution in [-0.4, -0.2) is 161 Å². The van der Waals surface area contributed by atoms with Crippen LogP contribution in [0.3, 0.4) is 0 Å². The molecule has 1 unspecified atom stereocenters. The smallest absolute Gasteiger partial charge is 0.326 e. The van der Waals surface area contributed by atoms with Gasteiger partial charge in [0.25, 0.3) is 11.8 Å². The Morgan fingerprint density at radius 3 is 1.32 bits per heavy atom. The predicted molar refractivity (Wildman–Crippen MR) is 211 cm³/mol. The topological polar surface area (TPSA) is 429 Å². The van der Waals surface area contributed by atoms with E-state index >= 15 is 0 Å². The van der Waals surface area contributed by atoms with Gasteiger partial charge in [-0.15, -0.1) is 5.10 Å². The van der Waals surface area contributed by atoms with Crippen molar-refractivity contribution in [3.05, 3.63) is 41.2 Å². The maximum atomic E-state index is 13.3. The summed E-state index contributed by atoms with van der Waals surface area (Å²) in [4.78, 5) is 144. The van der Waals surface area contributed by atoms with Gasteiger partial charge in [0, 0.05) is 49.9 Å². The Kier molecular flexibility index (Phi) is 21.6. The summed E-state index contributed by atoms with van der Waals surface area (Å²) in [5, 5.41) is 75.8. The third-order valence-electron chi connectivity index (χ3n) is 8.70. The van der Waals surface area contributed by atoms with Gasteiger partial charge in [-0.3, -0.25) is 42.7 Å². The molecule has 0 saturated heterocycles. The maximum Gasteiger partial charge on any atom is 0.326 e. The minimum atomic E-state index is -1.85. The molecule has 65 heavy (non-hydrogen) atoms. The van der Waals surface area contributed by atoms with Gasteiger partial charge >= 0.3 is 35.8 Å². The van der Waals surface area contributed by atoms with Gasteiger partial charge in [-0.05, 0) is 43.9 Å². The summed E-state index contributed by atoms with van der Waals surface area (Å²) in [7, 11) is 0. The third kappa shape index (κ3) is 19.7. The maximum absolute atomic E-state index is 13.3. The number of aliphatic carboxylic acids is 6. The van der Waals surface area contributed by atoms with E-state index < -0.39 is 167 Å². The van der Waals surface area contributed by atoms with Crippen molar-refractivity contribution in [1.29, 1.82) is 0 Å². The molecule has 12 N–H and O–H groups in total. The lowest BCUT2D eigenvalue weighted by atomic mass is 10.1. The molecule has 0 aliphatic carbocycles. The van der Waals surface area contributed by atoms with Crippen LogP contribution in [0.2, 0.25) is 0 Å². The van der Waals surface area contributed by atoms with Crippen LogP contribution in [0.4, 0.5) is 4.39 Å². The zero-order valence-electron chi connectivity index (χ0n) is 34.1. The number of rotatable bonds is 30. The minimum absolute atomic E-state index is 0.0867. The Bertz CT molecular complexity index is 2010. The van der Waals surface area contributed by atoms with E-state index in [1.807, 2.05) is 10.6 Å². The Labute approximate surface area is 365 Å². The molecule has 0 aliphatic rings. The number of aryl methyl sites for hydroxylation is 1. The van der Waals surface area contributed by atoms with Gasteiger partial charge in [0.15, 0.2) is 0 Å². The molecule has 0 fully saturated rings. The highest BCUT2D eigenvalue weighted by Crippen LogP contribution is 2.16. The van der Waals surface area contributed by atoms with Crippen molar-refractivity contribution in [2.24, 2.45) is 0 Å².